The maximum atomic E-state index is 13.9. The minimum absolute atomic E-state index is 0.174. The molecule has 1 fully saturated rings. The van der Waals surface area contributed by atoms with Crippen molar-refractivity contribution in [3.05, 3.63) is 71.2 Å². The zero-order valence-corrected chi connectivity index (χ0v) is 18.2. The van der Waals surface area contributed by atoms with Gasteiger partial charge in [-0.3, -0.25) is 9.78 Å². The fraction of sp³-hybridized carbons (Fsp3) is 0.190. The van der Waals surface area contributed by atoms with E-state index in [4.69, 9.17) is 4.74 Å². The van der Waals surface area contributed by atoms with Crippen molar-refractivity contribution < 1.29 is 18.7 Å². The maximum absolute atomic E-state index is 13.9. The molecule has 11 heteroatoms. The maximum Gasteiger partial charge on any atom is 0.413 e. The van der Waals surface area contributed by atoms with E-state index in [2.05, 4.69) is 46.8 Å². The summed E-state index contributed by atoms with van der Waals surface area (Å²) >= 11 is 3.30. The smallest absolute Gasteiger partial charge is 0.407 e. The highest BCUT2D eigenvalue weighted by Crippen LogP contribution is 2.36. The van der Waals surface area contributed by atoms with E-state index in [1.54, 1.807) is 30.5 Å². The fourth-order valence-corrected chi connectivity index (χ4v) is 3.35. The Balaban J connectivity index is 1.29. The molecule has 0 aliphatic heterocycles. The second-order valence-electron chi connectivity index (χ2n) is 7.11. The van der Waals surface area contributed by atoms with E-state index in [9.17, 15) is 14.0 Å². The molecule has 0 atom stereocenters. The van der Waals surface area contributed by atoms with Crippen molar-refractivity contribution in [3.63, 3.8) is 0 Å². The first-order valence-electron chi connectivity index (χ1n) is 9.64. The number of nitrogens with zero attached hydrogens (tertiary/aromatic N) is 3. The first kappa shape index (κ1) is 21.6. The Morgan fingerprint density at radius 2 is 1.91 bits per heavy atom. The largest absolute Gasteiger partial charge is 0.413 e. The van der Waals surface area contributed by atoms with Gasteiger partial charge in [0.2, 0.25) is 5.91 Å². The number of carbonyl (C=O) groups is 2. The predicted molar refractivity (Wildman–Crippen MR) is 117 cm³/mol. The number of hydrogen-bond donors (Lipinski definition) is 3. The summed E-state index contributed by atoms with van der Waals surface area (Å²) in [6.07, 6.45) is 5.82. The van der Waals surface area contributed by atoms with Gasteiger partial charge in [0.25, 0.3) is 0 Å². The van der Waals surface area contributed by atoms with Crippen molar-refractivity contribution in [2.75, 3.05) is 5.32 Å². The lowest BCUT2D eigenvalue weighted by atomic mass is 10.2. The van der Waals surface area contributed by atoms with Gasteiger partial charge < -0.3 is 20.7 Å². The highest BCUT2D eigenvalue weighted by molar-refractivity contribution is 9.10. The van der Waals surface area contributed by atoms with Gasteiger partial charge in [-0.15, -0.1) is 0 Å². The lowest BCUT2D eigenvalue weighted by Gasteiger charge is -2.17. The number of ether oxygens (including phenoxy) is 1. The molecule has 2 amide bonds. The van der Waals surface area contributed by atoms with Crippen LogP contribution in [0.2, 0.25) is 0 Å². The molecule has 1 aromatic carbocycles. The second kappa shape index (κ2) is 9.27. The van der Waals surface area contributed by atoms with Crippen LogP contribution < -0.4 is 20.7 Å². The molecule has 3 aromatic rings. The van der Waals surface area contributed by atoms with Gasteiger partial charge in [0.05, 0.1) is 42.2 Å². The van der Waals surface area contributed by atoms with Crippen molar-refractivity contribution in [2.45, 2.75) is 24.9 Å². The number of carbonyl (C=O) groups excluding carboxylic acids is 2. The number of para-hydroxylation sites is 1. The minimum atomic E-state index is -0.995. The number of pyridine rings is 1. The first-order valence-corrected chi connectivity index (χ1v) is 10.4. The average Bonchev–Trinajstić information content (AvgIpc) is 3.56. The molecule has 3 N–H and O–H groups in total. The van der Waals surface area contributed by atoms with Gasteiger partial charge in [-0.2, -0.15) is 0 Å². The topological polar surface area (TPSA) is 118 Å². The van der Waals surface area contributed by atoms with Gasteiger partial charge >= 0.3 is 6.09 Å². The van der Waals surface area contributed by atoms with Crippen molar-refractivity contribution >= 4 is 39.3 Å². The molecule has 1 aliphatic rings. The summed E-state index contributed by atoms with van der Waals surface area (Å²) in [6, 6.07) is 8.14. The number of amides is 2. The van der Waals surface area contributed by atoms with Gasteiger partial charge in [-0.1, -0.05) is 6.07 Å². The monoisotopic (exact) mass is 500 g/mol. The minimum Gasteiger partial charge on any atom is -0.407 e. The van der Waals surface area contributed by atoms with Crippen LogP contribution in [-0.2, 0) is 11.3 Å². The molecule has 2 heterocycles. The Labute approximate surface area is 191 Å². The molecule has 0 radical (unpaired) electrons. The molecular formula is C21H18BrFN6O3. The molecule has 32 heavy (non-hydrogen) atoms. The van der Waals surface area contributed by atoms with E-state index in [1.807, 2.05) is 0 Å². The predicted octanol–water partition coefficient (Wildman–Crippen LogP) is 3.45. The SMILES string of the molecule is O=C(NC1(C(=O)NCc2ccc(Nc3c(F)cccc3Br)cn2)CC1)Oc1cncnc1. The summed E-state index contributed by atoms with van der Waals surface area (Å²) in [5.74, 6) is -0.532. The summed E-state index contributed by atoms with van der Waals surface area (Å²) < 4.78 is 19.6. The molecule has 9 nitrogen and oxygen atoms in total. The van der Waals surface area contributed by atoms with Crippen molar-refractivity contribution in [1.82, 2.24) is 25.6 Å². The normalized spacial score (nSPS) is 13.7. The number of aromatic nitrogens is 3. The zero-order chi connectivity index (χ0) is 22.6. The van der Waals surface area contributed by atoms with E-state index in [0.29, 0.717) is 34.4 Å². The van der Waals surface area contributed by atoms with Crippen molar-refractivity contribution in [1.29, 1.82) is 0 Å². The van der Waals surface area contributed by atoms with Crippen LogP contribution in [0.1, 0.15) is 18.5 Å². The highest BCUT2D eigenvalue weighted by Gasteiger charge is 2.51. The first-order chi connectivity index (χ1) is 15.4. The number of rotatable bonds is 7. The van der Waals surface area contributed by atoms with Gasteiger partial charge in [-0.05, 0) is 53.0 Å². The molecule has 0 saturated heterocycles. The van der Waals surface area contributed by atoms with Crippen LogP contribution in [0, 0.1) is 5.82 Å². The van der Waals surface area contributed by atoms with Crippen molar-refractivity contribution in [2.24, 2.45) is 0 Å². The molecule has 0 spiro atoms. The van der Waals surface area contributed by atoms with Gasteiger partial charge in [0.1, 0.15) is 17.7 Å². The Kier molecular flexibility index (Phi) is 6.26. The van der Waals surface area contributed by atoms with E-state index in [1.165, 1.54) is 24.8 Å². The molecule has 0 unspecified atom stereocenters. The Morgan fingerprint density at radius 3 is 2.56 bits per heavy atom. The summed E-state index contributed by atoms with van der Waals surface area (Å²) in [5.41, 5.74) is 0.520. The Hall–Kier alpha value is -3.60. The Morgan fingerprint density at radius 1 is 1.12 bits per heavy atom. The number of benzene rings is 1. The molecule has 0 bridgehead atoms. The lowest BCUT2D eigenvalue weighted by molar-refractivity contribution is -0.124. The standard InChI is InChI=1S/C21H18BrFN6O3/c22-16-2-1-3-17(23)18(16)28-14-5-4-13(26-9-14)8-27-19(30)21(6-7-21)29-20(31)32-15-10-24-12-25-11-15/h1-5,9-12,28H,6-8H2,(H,27,30)(H,29,31). The van der Waals surface area contributed by atoms with Crippen LogP contribution in [0.5, 0.6) is 5.75 Å². The van der Waals surface area contributed by atoms with Gasteiger partial charge in [0, 0.05) is 4.47 Å². The van der Waals surface area contributed by atoms with Crippen LogP contribution >= 0.6 is 15.9 Å². The van der Waals surface area contributed by atoms with Crippen LogP contribution in [0.3, 0.4) is 0 Å². The quantitative estimate of drug-likeness (QED) is 0.454. The van der Waals surface area contributed by atoms with E-state index in [-0.39, 0.29) is 18.2 Å². The van der Waals surface area contributed by atoms with E-state index in [0.717, 1.165) is 0 Å². The molecule has 1 aliphatic carbocycles. The molecule has 2 aromatic heterocycles. The summed E-state index contributed by atoms with van der Waals surface area (Å²) in [5, 5.41) is 8.34. The van der Waals surface area contributed by atoms with E-state index >= 15 is 0 Å². The van der Waals surface area contributed by atoms with E-state index < -0.39 is 17.4 Å². The summed E-state index contributed by atoms with van der Waals surface area (Å²) in [4.78, 5) is 36.4. The number of nitrogens with one attached hydrogen (secondary N) is 3. The second-order valence-corrected chi connectivity index (χ2v) is 7.97. The number of halogens is 2. The molecule has 164 valence electrons. The molecule has 4 rings (SSSR count). The summed E-state index contributed by atoms with van der Waals surface area (Å²) in [7, 11) is 0. The van der Waals surface area contributed by atoms with Crippen LogP contribution in [0.4, 0.5) is 20.6 Å². The third kappa shape index (κ3) is 5.17. The van der Waals surface area contributed by atoms with Gasteiger partial charge in [-0.25, -0.2) is 19.2 Å². The summed E-state index contributed by atoms with van der Waals surface area (Å²) in [6.45, 7) is 0.174. The van der Waals surface area contributed by atoms with Gasteiger partial charge in [0.15, 0.2) is 5.75 Å². The molecular weight excluding hydrogens is 483 g/mol. The van der Waals surface area contributed by atoms with Crippen LogP contribution in [0.25, 0.3) is 0 Å². The zero-order valence-electron chi connectivity index (χ0n) is 16.6. The number of anilines is 2. The van der Waals surface area contributed by atoms with Crippen molar-refractivity contribution in [3.8, 4) is 5.75 Å². The lowest BCUT2D eigenvalue weighted by Crippen LogP contribution is -2.49. The fourth-order valence-electron chi connectivity index (χ4n) is 2.90. The molecule has 1 saturated carbocycles. The third-order valence-electron chi connectivity index (χ3n) is 4.76. The third-order valence-corrected chi connectivity index (χ3v) is 5.42. The van der Waals surface area contributed by atoms with Crippen LogP contribution in [-0.4, -0.2) is 32.5 Å². The average molecular weight is 501 g/mol. The highest BCUT2D eigenvalue weighted by atomic mass is 79.9. The Bertz CT molecular complexity index is 1110. The van der Waals surface area contributed by atoms with Crippen LogP contribution in [0.15, 0.2) is 59.7 Å². The number of hydrogen-bond acceptors (Lipinski definition) is 7.